The van der Waals surface area contributed by atoms with Crippen molar-refractivity contribution in [1.29, 1.82) is 0 Å². The molecule has 88 valence electrons. The van der Waals surface area contributed by atoms with Crippen molar-refractivity contribution in [2.24, 2.45) is 0 Å². The first-order valence-electron chi connectivity index (χ1n) is 4.58. The van der Waals surface area contributed by atoms with Gasteiger partial charge in [0.2, 0.25) is 5.91 Å². The van der Waals surface area contributed by atoms with Gasteiger partial charge in [-0.25, -0.2) is 8.78 Å². The number of halogens is 3. The number of anilines is 1. The molecule has 1 rings (SSSR count). The van der Waals surface area contributed by atoms with Gasteiger partial charge < -0.3 is 10.6 Å². The molecular formula is C10H11BrF2N2O. The summed E-state index contributed by atoms with van der Waals surface area (Å²) < 4.78 is 26.3. The third kappa shape index (κ3) is 2.99. The predicted octanol–water partition coefficient (Wildman–Crippen LogP) is 2.27. The van der Waals surface area contributed by atoms with Crippen molar-refractivity contribution >= 4 is 27.5 Å². The summed E-state index contributed by atoms with van der Waals surface area (Å²) in [5.41, 5.74) is -0.0616. The molecule has 1 aromatic carbocycles. The Morgan fingerprint density at radius 3 is 2.56 bits per heavy atom. The van der Waals surface area contributed by atoms with E-state index in [9.17, 15) is 13.6 Å². The number of likely N-dealkylation sites (N-methyl/N-ethyl adjacent to an activating group) is 1. The van der Waals surface area contributed by atoms with E-state index in [1.54, 1.807) is 14.0 Å². The number of carbonyl (C=O) groups excluding carboxylic acids is 1. The van der Waals surface area contributed by atoms with Crippen LogP contribution in [0, 0.1) is 11.6 Å². The molecule has 0 saturated heterocycles. The largest absolute Gasteiger partial charge is 0.321 e. The van der Waals surface area contributed by atoms with Gasteiger partial charge in [0.15, 0.2) is 5.82 Å². The predicted molar refractivity (Wildman–Crippen MR) is 61.2 cm³/mol. The summed E-state index contributed by atoms with van der Waals surface area (Å²) in [4.78, 5) is 11.5. The van der Waals surface area contributed by atoms with E-state index in [1.165, 1.54) is 0 Å². The van der Waals surface area contributed by atoms with Gasteiger partial charge in [-0.15, -0.1) is 0 Å². The molecule has 0 saturated carbocycles. The quantitative estimate of drug-likeness (QED) is 0.897. The van der Waals surface area contributed by atoms with Gasteiger partial charge in [0.05, 0.1) is 11.7 Å². The van der Waals surface area contributed by atoms with Crippen LogP contribution in [-0.2, 0) is 4.79 Å². The van der Waals surface area contributed by atoms with Crippen LogP contribution in [0.2, 0.25) is 0 Å². The van der Waals surface area contributed by atoms with Crippen molar-refractivity contribution in [1.82, 2.24) is 5.32 Å². The molecule has 1 unspecified atom stereocenters. The zero-order valence-electron chi connectivity index (χ0n) is 8.77. The zero-order valence-corrected chi connectivity index (χ0v) is 10.4. The highest BCUT2D eigenvalue weighted by Crippen LogP contribution is 2.26. The van der Waals surface area contributed by atoms with E-state index < -0.39 is 23.6 Å². The Hall–Kier alpha value is -1.01. The number of nitrogens with one attached hydrogen (secondary N) is 2. The minimum Gasteiger partial charge on any atom is -0.321 e. The van der Waals surface area contributed by atoms with Crippen LogP contribution < -0.4 is 10.6 Å². The van der Waals surface area contributed by atoms with Crippen molar-refractivity contribution < 1.29 is 13.6 Å². The van der Waals surface area contributed by atoms with Gasteiger partial charge in [-0.1, -0.05) is 0 Å². The highest BCUT2D eigenvalue weighted by molar-refractivity contribution is 9.10. The fourth-order valence-corrected chi connectivity index (χ4v) is 1.53. The molecule has 0 spiro atoms. The summed E-state index contributed by atoms with van der Waals surface area (Å²) in [5, 5.41) is 5.08. The molecule has 0 fully saturated rings. The normalized spacial score (nSPS) is 12.3. The van der Waals surface area contributed by atoms with Crippen LogP contribution in [-0.4, -0.2) is 19.0 Å². The van der Waals surface area contributed by atoms with Crippen LogP contribution in [0.4, 0.5) is 14.5 Å². The van der Waals surface area contributed by atoms with Crippen molar-refractivity contribution in [3.8, 4) is 0 Å². The molecule has 0 aliphatic rings. The summed E-state index contributed by atoms with van der Waals surface area (Å²) in [6.07, 6.45) is 0. The minimum atomic E-state index is -0.816. The fraction of sp³-hybridized carbons (Fsp3) is 0.300. The Morgan fingerprint density at radius 2 is 2.06 bits per heavy atom. The van der Waals surface area contributed by atoms with Crippen LogP contribution in [0.3, 0.4) is 0 Å². The molecule has 2 N–H and O–H groups in total. The van der Waals surface area contributed by atoms with E-state index in [0.717, 1.165) is 6.07 Å². The highest BCUT2D eigenvalue weighted by atomic mass is 79.9. The fourth-order valence-electron chi connectivity index (χ4n) is 1.02. The Kier molecular flexibility index (Phi) is 4.37. The number of hydrogen-bond donors (Lipinski definition) is 2. The van der Waals surface area contributed by atoms with E-state index >= 15 is 0 Å². The van der Waals surface area contributed by atoms with Crippen LogP contribution in [0.25, 0.3) is 0 Å². The van der Waals surface area contributed by atoms with Crippen molar-refractivity contribution in [3.05, 3.63) is 28.2 Å². The van der Waals surface area contributed by atoms with Crippen LogP contribution in [0.15, 0.2) is 16.6 Å². The minimum absolute atomic E-state index is 0.0616. The maximum atomic E-state index is 13.3. The summed E-state index contributed by atoms with van der Waals surface area (Å²) in [7, 11) is 1.61. The number of hydrogen-bond acceptors (Lipinski definition) is 2. The number of carbonyl (C=O) groups is 1. The van der Waals surface area contributed by atoms with E-state index in [-0.39, 0.29) is 10.2 Å². The third-order valence-electron chi connectivity index (χ3n) is 2.08. The maximum absolute atomic E-state index is 13.3. The second kappa shape index (κ2) is 5.36. The van der Waals surface area contributed by atoms with E-state index in [2.05, 4.69) is 26.6 Å². The molecule has 1 aromatic rings. The highest BCUT2D eigenvalue weighted by Gasteiger charge is 2.15. The van der Waals surface area contributed by atoms with Gasteiger partial charge in [0.25, 0.3) is 0 Å². The van der Waals surface area contributed by atoms with Crippen LogP contribution in [0.1, 0.15) is 6.92 Å². The number of rotatable bonds is 3. The van der Waals surface area contributed by atoms with Gasteiger partial charge >= 0.3 is 0 Å². The van der Waals surface area contributed by atoms with Gasteiger partial charge in [0.1, 0.15) is 5.82 Å². The molecule has 1 atom stereocenters. The van der Waals surface area contributed by atoms with E-state index in [4.69, 9.17) is 0 Å². The van der Waals surface area contributed by atoms with Crippen molar-refractivity contribution in [2.75, 3.05) is 12.4 Å². The van der Waals surface area contributed by atoms with Crippen molar-refractivity contribution in [2.45, 2.75) is 13.0 Å². The van der Waals surface area contributed by atoms with Gasteiger partial charge in [-0.2, -0.15) is 0 Å². The summed E-state index contributed by atoms with van der Waals surface area (Å²) >= 11 is 2.98. The molecule has 3 nitrogen and oxygen atoms in total. The Balaban J connectivity index is 2.93. The molecule has 0 aliphatic heterocycles. The second-order valence-corrected chi connectivity index (χ2v) is 4.10. The van der Waals surface area contributed by atoms with Crippen molar-refractivity contribution in [3.63, 3.8) is 0 Å². The van der Waals surface area contributed by atoms with Gasteiger partial charge in [0, 0.05) is 10.5 Å². The van der Waals surface area contributed by atoms with Crippen LogP contribution in [0.5, 0.6) is 0 Å². The molecule has 16 heavy (non-hydrogen) atoms. The molecule has 0 heterocycles. The third-order valence-corrected chi connectivity index (χ3v) is 2.71. The standard InChI is InChI=1S/C10H11BrF2N2O/c1-5(14-2)10(16)15-9-7(11)3-6(12)4-8(9)13/h3-5,14H,1-2H3,(H,15,16). The molecule has 0 radical (unpaired) electrons. The Morgan fingerprint density at radius 1 is 1.44 bits per heavy atom. The Labute approximate surface area is 100 Å². The lowest BCUT2D eigenvalue weighted by atomic mass is 10.2. The molecule has 0 aromatic heterocycles. The van der Waals surface area contributed by atoms with Gasteiger partial charge in [-0.3, -0.25) is 4.79 Å². The summed E-state index contributed by atoms with van der Waals surface area (Å²) in [6.45, 7) is 1.63. The van der Waals surface area contributed by atoms with Crippen LogP contribution >= 0.6 is 15.9 Å². The Bertz CT molecular complexity index is 389. The molecule has 1 amide bonds. The van der Waals surface area contributed by atoms with E-state index in [0.29, 0.717) is 6.07 Å². The lowest BCUT2D eigenvalue weighted by Crippen LogP contribution is -2.35. The number of amides is 1. The summed E-state index contributed by atoms with van der Waals surface area (Å²) in [5.74, 6) is -1.92. The first-order chi connectivity index (χ1) is 7.45. The second-order valence-electron chi connectivity index (χ2n) is 3.24. The smallest absolute Gasteiger partial charge is 0.241 e. The lowest BCUT2D eigenvalue weighted by molar-refractivity contribution is -0.117. The average molecular weight is 293 g/mol. The molecule has 0 aliphatic carbocycles. The zero-order chi connectivity index (χ0) is 12.3. The summed E-state index contributed by atoms with van der Waals surface area (Å²) in [6, 6.07) is 1.34. The maximum Gasteiger partial charge on any atom is 0.241 e. The first kappa shape index (κ1) is 13.1. The topological polar surface area (TPSA) is 41.1 Å². The van der Waals surface area contributed by atoms with Gasteiger partial charge in [-0.05, 0) is 36.0 Å². The lowest BCUT2D eigenvalue weighted by Gasteiger charge is -2.12. The van der Waals surface area contributed by atoms with E-state index in [1.807, 2.05) is 0 Å². The molecular weight excluding hydrogens is 282 g/mol. The number of benzene rings is 1. The molecule has 0 bridgehead atoms. The monoisotopic (exact) mass is 292 g/mol. The first-order valence-corrected chi connectivity index (χ1v) is 5.37. The SMILES string of the molecule is CNC(C)C(=O)Nc1c(F)cc(F)cc1Br. The average Bonchev–Trinajstić information content (AvgIpc) is 2.21. The molecule has 6 heteroatoms.